The first-order valence-corrected chi connectivity index (χ1v) is 9.14. The van der Waals surface area contributed by atoms with E-state index in [4.69, 9.17) is 0 Å². The standard InChI is InChI=1S/C19H17N5OS/c1-26-24-17-7-3-2-5-13(17)11-23-19(25)14(10-20)9-15-12-22-18-16(15)6-4-8-21-18/h2-9,12,24H,11H2,1H3,(H,21,22)(H,23,25)/b14-9+. The maximum absolute atomic E-state index is 12.4. The summed E-state index contributed by atoms with van der Waals surface area (Å²) in [5.41, 5.74) is 3.40. The van der Waals surface area contributed by atoms with Crippen LogP contribution in [0.3, 0.4) is 0 Å². The number of anilines is 1. The lowest BCUT2D eigenvalue weighted by atomic mass is 10.1. The highest BCUT2D eigenvalue weighted by Crippen LogP contribution is 2.20. The van der Waals surface area contributed by atoms with E-state index in [-0.39, 0.29) is 5.57 Å². The van der Waals surface area contributed by atoms with Crippen molar-refractivity contribution in [1.82, 2.24) is 15.3 Å². The third-order valence-corrected chi connectivity index (χ3v) is 4.24. The van der Waals surface area contributed by atoms with Crippen LogP contribution in [0.1, 0.15) is 11.1 Å². The topological polar surface area (TPSA) is 93.6 Å². The molecule has 0 bridgehead atoms. The Balaban J connectivity index is 1.77. The summed E-state index contributed by atoms with van der Waals surface area (Å²) in [6.45, 7) is 0.330. The number of hydrogen-bond donors (Lipinski definition) is 3. The van der Waals surface area contributed by atoms with Gasteiger partial charge >= 0.3 is 0 Å². The van der Waals surface area contributed by atoms with Crippen molar-refractivity contribution in [3.05, 3.63) is 65.5 Å². The zero-order valence-electron chi connectivity index (χ0n) is 14.1. The van der Waals surface area contributed by atoms with Gasteiger partial charge in [-0.25, -0.2) is 4.98 Å². The molecule has 0 atom stereocenters. The van der Waals surface area contributed by atoms with Crippen LogP contribution in [0, 0.1) is 11.3 Å². The van der Waals surface area contributed by atoms with Crippen LogP contribution in [0.2, 0.25) is 0 Å². The maximum Gasteiger partial charge on any atom is 0.262 e. The van der Waals surface area contributed by atoms with Gasteiger partial charge in [0.25, 0.3) is 5.91 Å². The van der Waals surface area contributed by atoms with Gasteiger partial charge in [-0.05, 0) is 29.8 Å². The van der Waals surface area contributed by atoms with Crippen LogP contribution in [-0.4, -0.2) is 22.1 Å². The smallest absolute Gasteiger partial charge is 0.262 e. The van der Waals surface area contributed by atoms with Crippen LogP contribution in [0.4, 0.5) is 5.69 Å². The minimum atomic E-state index is -0.412. The van der Waals surface area contributed by atoms with E-state index in [1.165, 1.54) is 11.9 Å². The van der Waals surface area contributed by atoms with Gasteiger partial charge in [-0.3, -0.25) is 4.79 Å². The van der Waals surface area contributed by atoms with Crippen LogP contribution in [0.15, 0.2) is 54.4 Å². The number of aromatic amines is 1. The Hall–Kier alpha value is -3.24. The zero-order chi connectivity index (χ0) is 18.4. The Morgan fingerprint density at radius 2 is 2.19 bits per heavy atom. The Kier molecular flexibility index (Phi) is 5.56. The molecule has 2 aromatic heterocycles. The van der Waals surface area contributed by atoms with Crippen molar-refractivity contribution >= 4 is 40.7 Å². The zero-order valence-corrected chi connectivity index (χ0v) is 14.9. The van der Waals surface area contributed by atoms with E-state index in [1.807, 2.05) is 48.7 Å². The van der Waals surface area contributed by atoms with E-state index < -0.39 is 5.91 Å². The van der Waals surface area contributed by atoms with Crippen LogP contribution in [-0.2, 0) is 11.3 Å². The predicted molar refractivity (Wildman–Crippen MR) is 105 cm³/mol. The van der Waals surface area contributed by atoms with E-state index in [1.54, 1.807) is 18.5 Å². The van der Waals surface area contributed by atoms with Crippen LogP contribution < -0.4 is 10.0 Å². The number of carbonyl (C=O) groups excluding carboxylic acids is 1. The van der Waals surface area contributed by atoms with Crippen LogP contribution >= 0.6 is 11.9 Å². The number of para-hydroxylation sites is 1. The molecule has 3 rings (SSSR count). The molecule has 1 amide bonds. The van der Waals surface area contributed by atoms with Gasteiger partial charge in [0.05, 0.1) is 0 Å². The first kappa shape index (κ1) is 17.6. The van der Waals surface area contributed by atoms with Gasteiger partial charge < -0.3 is 15.0 Å². The molecule has 0 fully saturated rings. The van der Waals surface area contributed by atoms with Crippen molar-refractivity contribution in [2.24, 2.45) is 0 Å². The summed E-state index contributed by atoms with van der Waals surface area (Å²) in [6.07, 6.45) is 6.92. The number of nitrogens with zero attached hydrogens (tertiary/aromatic N) is 2. The van der Waals surface area contributed by atoms with Gasteiger partial charge in [-0.2, -0.15) is 5.26 Å². The lowest BCUT2D eigenvalue weighted by molar-refractivity contribution is -0.117. The second-order valence-corrected chi connectivity index (χ2v) is 6.07. The number of nitriles is 1. The Labute approximate surface area is 155 Å². The first-order valence-electron chi connectivity index (χ1n) is 7.92. The predicted octanol–water partition coefficient (Wildman–Crippen LogP) is 3.48. The third-order valence-electron chi connectivity index (χ3n) is 3.82. The van der Waals surface area contributed by atoms with Crippen molar-refractivity contribution in [3.8, 4) is 6.07 Å². The summed E-state index contributed by atoms with van der Waals surface area (Å²) in [5.74, 6) is -0.412. The molecule has 0 spiro atoms. The lowest BCUT2D eigenvalue weighted by Crippen LogP contribution is -2.24. The van der Waals surface area contributed by atoms with E-state index in [0.29, 0.717) is 12.2 Å². The fourth-order valence-corrected chi connectivity index (χ4v) is 2.97. The van der Waals surface area contributed by atoms with Crippen molar-refractivity contribution in [2.75, 3.05) is 11.0 Å². The summed E-state index contributed by atoms with van der Waals surface area (Å²) < 4.78 is 3.17. The van der Waals surface area contributed by atoms with Gasteiger partial charge in [-0.15, -0.1) is 0 Å². The fraction of sp³-hybridized carbons (Fsp3) is 0.105. The lowest BCUT2D eigenvalue weighted by Gasteiger charge is -2.10. The molecular formula is C19H17N5OS. The monoisotopic (exact) mass is 363 g/mol. The summed E-state index contributed by atoms with van der Waals surface area (Å²) in [4.78, 5) is 19.7. The minimum Gasteiger partial charge on any atom is -0.347 e. The highest BCUT2D eigenvalue weighted by atomic mass is 32.2. The molecule has 3 N–H and O–H groups in total. The average Bonchev–Trinajstić information content (AvgIpc) is 3.08. The molecule has 1 aromatic carbocycles. The van der Waals surface area contributed by atoms with Gasteiger partial charge in [0.1, 0.15) is 17.3 Å². The molecule has 3 aromatic rings. The van der Waals surface area contributed by atoms with Crippen LogP contribution in [0.5, 0.6) is 0 Å². The summed E-state index contributed by atoms with van der Waals surface area (Å²) in [5, 5.41) is 13.1. The minimum absolute atomic E-state index is 0.0464. The Bertz CT molecular complexity index is 1000. The SMILES string of the molecule is CSNc1ccccc1CNC(=O)/C(C#N)=C/c1c[nH]c2ncccc12. The van der Waals surface area contributed by atoms with E-state index >= 15 is 0 Å². The molecule has 0 aliphatic heterocycles. The average molecular weight is 363 g/mol. The number of hydrogen-bond acceptors (Lipinski definition) is 5. The second kappa shape index (κ2) is 8.23. The van der Waals surface area contributed by atoms with Crippen molar-refractivity contribution < 1.29 is 4.79 Å². The number of H-pyrrole nitrogens is 1. The second-order valence-electron chi connectivity index (χ2n) is 5.46. The van der Waals surface area contributed by atoms with Gasteiger partial charge in [-0.1, -0.05) is 30.1 Å². The Morgan fingerprint density at radius 3 is 3.00 bits per heavy atom. The number of amides is 1. The Morgan fingerprint density at radius 1 is 1.35 bits per heavy atom. The van der Waals surface area contributed by atoms with Crippen molar-refractivity contribution in [1.29, 1.82) is 5.26 Å². The van der Waals surface area contributed by atoms with E-state index in [9.17, 15) is 10.1 Å². The largest absolute Gasteiger partial charge is 0.347 e. The number of nitrogens with one attached hydrogen (secondary N) is 3. The molecule has 0 aliphatic carbocycles. The van der Waals surface area contributed by atoms with Gasteiger partial charge in [0, 0.05) is 41.8 Å². The summed E-state index contributed by atoms with van der Waals surface area (Å²) in [6, 6.07) is 13.4. The molecule has 0 saturated heterocycles. The van der Waals surface area contributed by atoms with E-state index in [2.05, 4.69) is 20.0 Å². The summed E-state index contributed by atoms with van der Waals surface area (Å²) >= 11 is 1.48. The fourth-order valence-electron chi connectivity index (χ4n) is 2.56. The molecule has 0 unspecified atom stereocenters. The molecule has 0 saturated carbocycles. The molecule has 2 heterocycles. The molecule has 26 heavy (non-hydrogen) atoms. The molecule has 130 valence electrons. The van der Waals surface area contributed by atoms with Crippen molar-refractivity contribution in [3.63, 3.8) is 0 Å². The van der Waals surface area contributed by atoms with Crippen molar-refractivity contribution in [2.45, 2.75) is 6.54 Å². The number of benzene rings is 1. The van der Waals surface area contributed by atoms with Crippen LogP contribution in [0.25, 0.3) is 17.1 Å². The number of rotatable bonds is 6. The molecule has 6 nitrogen and oxygen atoms in total. The molecule has 0 radical (unpaired) electrons. The summed E-state index contributed by atoms with van der Waals surface area (Å²) in [7, 11) is 0. The molecule has 7 heteroatoms. The number of fused-ring (bicyclic) bond motifs is 1. The van der Waals surface area contributed by atoms with Gasteiger partial charge in [0.2, 0.25) is 0 Å². The highest BCUT2D eigenvalue weighted by Gasteiger charge is 2.11. The molecular weight excluding hydrogens is 346 g/mol. The number of pyridine rings is 1. The normalized spacial score (nSPS) is 11.2. The quantitative estimate of drug-likeness (QED) is 0.354. The maximum atomic E-state index is 12.4. The van der Waals surface area contributed by atoms with Gasteiger partial charge in [0.15, 0.2) is 0 Å². The first-order chi connectivity index (χ1) is 12.7. The third kappa shape index (κ3) is 3.87. The highest BCUT2D eigenvalue weighted by molar-refractivity contribution is 7.99. The number of aromatic nitrogens is 2. The number of carbonyl (C=O) groups is 1. The molecule has 0 aliphatic rings. The van der Waals surface area contributed by atoms with E-state index in [0.717, 1.165) is 22.2 Å².